The van der Waals surface area contributed by atoms with E-state index < -0.39 is 5.97 Å². The van der Waals surface area contributed by atoms with Crippen LogP contribution >= 0.6 is 12.6 Å². The van der Waals surface area contributed by atoms with Crippen molar-refractivity contribution >= 4 is 24.5 Å². The molecule has 2 N–H and O–H groups in total. The maximum Gasteiger partial charge on any atom is 0.305 e. The highest BCUT2D eigenvalue weighted by molar-refractivity contribution is 7.80. The van der Waals surface area contributed by atoms with Crippen molar-refractivity contribution in [1.29, 1.82) is 0 Å². The van der Waals surface area contributed by atoms with Gasteiger partial charge in [-0.2, -0.15) is 12.6 Å². The van der Waals surface area contributed by atoms with Crippen molar-refractivity contribution in [2.75, 3.05) is 171 Å². The Balaban J connectivity index is 3.11. The van der Waals surface area contributed by atoms with Gasteiger partial charge in [-0.1, -0.05) is 38.5 Å². The number of unbranched alkanes of at least 4 members (excludes halogenated alkanes) is 7. The summed E-state index contributed by atoms with van der Waals surface area (Å²) in [6.45, 7) is 11.6. The number of rotatable bonds is 49. The Morgan fingerprint density at radius 3 is 0.891 bits per heavy atom. The minimum atomic E-state index is -0.876. The number of aliphatic carboxylic acids is 1. The van der Waals surface area contributed by atoms with Crippen molar-refractivity contribution in [1.82, 2.24) is 5.32 Å². The molecule has 55 heavy (non-hydrogen) atoms. The quantitative estimate of drug-likeness (QED) is 0.0602. The molecule has 0 aliphatic rings. The molecule has 0 spiro atoms. The largest absolute Gasteiger partial charge is 0.481 e. The predicted molar refractivity (Wildman–Crippen MR) is 210 cm³/mol. The molecule has 0 aromatic rings. The molecule has 0 fully saturated rings. The third-order valence-corrected chi connectivity index (χ3v) is 7.75. The standard InChI is InChI=1S/C38H75NO15S/c40-37(9-7-5-3-1-2-4-6-8-36-55)39-11-13-44-15-17-46-19-21-48-23-25-50-27-29-52-31-33-54-35-34-53-32-30-51-28-26-49-24-22-47-20-18-45-16-14-43-12-10-38(41)42/h55H,1-36H2,(H,39,40)(H,41,42). The van der Waals surface area contributed by atoms with E-state index in [0.717, 1.165) is 18.6 Å². The molecule has 0 unspecified atom stereocenters. The van der Waals surface area contributed by atoms with Gasteiger partial charge in [0.15, 0.2) is 0 Å². The Morgan fingerprint density at radius 1 is 0.345 bits per heavy atom. The lowest BCUT2D eigenvalue weighted by Crippen LogP contribution is -2.27. The van der Waals surface area contributed by atoms with E-state index in [1.165, 1.54) is 38.5 Å². The second kappa shape index (κ2) is 49.0. The zero-order chi connectivity index (χ0) is 39.8. The van der Waals surface area contributed by atoms with Crippen molar-refractivity contribution in [3.05, 3.63) is 0 Å². The first-order chi connectivity index (χ1) is 27.2. The molecule has 0 aliphatic heterocycles. The van der Waals surface area contributed by atoms with Gasteiger partial charge in [-0.25, -0.2) is 0 Å². The maximum atomic E-state index is 11.9. The molecule has 0 aromatic heterocycles. The molecule has 0 heterocycles. The first-order valence-corrected chi connectivity index (χ1v) is 20.8. The Bertz CT molecular complexity index is 776. The van der Waals surface area contributed by atoms with E-state index >= 15 is 0 Å². The highest BCUT2D eigenvalue weighted by Gasteiger charge is 2.02. The molecule has 17 heteroatoms. The molecule has 16 nitrogen and oxygen atoms in total. The van der Waals surface area contributed by atoms with Gasteiger partial charge in [0, 0.05) is 13.0 Å². The Labute approximate surface area is 335 Å². The van der Waals surface area contributed by atoms with Crippen molar-refractivity contribution in [2.24, 2.45) is 0 Å². The van der Waals surface area contributed by atoms with Gasteiger partial charge in [0.25, 0.3) is 0 Å². The molecule has 0 rings (SSSR count). The zero-order valence-corrected chi connectivity index (χ0v) is 34.5. The fraction of sp³-hybridized carbons (Fsp3) is 0.947. The molecule has 1 amide bonds. The summed E-state index contributed by atoms with van der Waals surface area (Å²) in [7, 11) is 0. The number of thiol groups is 1. The molecule has 0 atom stereocenters. The summed E-state index contributed by atoms with van der Waals surface area (Å²) in [5.74, 6) is 0.207. The smallest absolute Gasteiger partial charge is 0.305 e. The Hall–Kier alpha value is -1.19. The van der Waals surface area contributed by atoms with Crippen LogP contribution < -0.4 is 5.32 Å². The van der Waals surface area contributed by atoms with Crippen LogP contribution in [0.5, 0.6) is 0 Å². The van der Waals surface area contributed by atoms with Crippen LogP contribution in [-0.4, -0.2) is 188 Å². The molecular weight excluding hydrogens is 742 g/mol. The van der Waals surface area contributed by atoms with Crippen LogP contribution in [0.3, 0.4) is 0 Å². The maximum absolute atomic E-state index is 11.9. The Morgan fingerprint density at radius 2 is 0.600 bits per heavy atom. The van der Waals surface area contributed by atoms with E-state index in [9.17, 15) is 9.59 Å². The molecule has 328 valence electrons. The normalized spacial score (nSPS) is 11.4. The molecule has 0 aromatic carbocycles. The number of hydrogen-bond acceptors (Lipinski definition) is 15. The average Bonchev–Trinajstić information content (AvgIpc) is 3.18. The molecule has 0 saturated carbocycles. The average molecular weight is 818 g/mol. The Kier molecular flexibility index (Phi) is 47.9. The second-order valence-electron chi connectivity index (χ2n) is 12.1. The fourth-order valence-electron chi connectivity index (χ4n) is 4.49. The lowest BCUT2D eigenvalue weighted by Gasteiger charge is -2.09. The van der Waals surface area contributed by atoms with Gasteiger partial charge < -0.3 is 67.3 Å². The SMILES string of the molecule is O=C(O)CCOCCOCCOCCOCCOCCOCCOCCOCCOCCOCCOCCOCCNC(=O)CCCCCCCCCCS. The lowest BCUT2D eigenvalue weighted by atomic mass is 10.1. The fourth-order valence-corrected chi connectivity index (χ4v) is 4.71. The van der Waals surface area contributed by atoms with Gasteiger partial charge >= 0.3 is 5.97 Å². The molecule has 0 aliphatic carbocycles. The third kappa shape index (κ3) is 50.8. The summed E-state index contributed by atoms with van der Waals surface area (Å²) in [4.78, 5) is 22.2. The van der Waals surface area contributed by atoms with Crippen molar-refractivity contribution < 1.29 is 71.5 Å². The van der Waals surface area contributed by atoms with E-state index in [1.807, 2.05) is 0 Å². The number of hydrogen-bond donors (Lipinski definition) is 3. The van der Waals surface area contributed by atoms with Crippen LogP contribution in [0, 0.1) is 0 Å². The predicted octanol–water partition coefficient (Wildman–Crippen LogP) is 3.22. The number of ether oxygens (including phenoxy) is 12. The van der Waals surface area contributed by atoms with Gasteiger partial charge in [0.2, 0.25) is 5.91 Å². The number of amides is 1. The van der Waals surface area contributed by atoms with Gasteiger partial charge in [-0.3, -0.25) is 9.59 Å². The van der Waals surface area contributed by atoms with Crippen molar-refractivity contribution in [2.45, 2.75) is 64.2 Å². The van der Waals surface area contributed by atoms with Gasteiger partial charge in [0.1, 0.15) is 0 Å². The van der Waals surface area contributed by atoms with Crippen molar-refractivity contribution in [3.63, 3.8) is 0 Å². The van der Waals surface area contributed by atoms with E-state index in [2.05, 4.69) is 17.9 Å². The summed E-state index contributed by atoms with van der Waals surface area (Å²) in [6, 6.07) is 0. The van der Waals surface area contributed by atoms with Gasteiger partial charge in [-0.15, -0.1) is 0 Å². The van der Waals surface area contributed by atoms with E-state index in [-0.39, 0.29) is 18.9 Å². The van der Waals surface area contributed by atoms with Gasteiger partial charge in [0.05, 0.1) is 165 Å². The number of carboxylic acids is 1. The summed E-state index contributed by atoms with van der Waals surface area (Å²) in [5.41, 5.74) is 0. The number of nitrogens with one attached hydrogen (secondary N) is 1. The van der Waals surface area contributed by atoms with Crippen LogP contribution in [-0.2, 0) is 66.4 Å². The van der Waals surface area contributed by atoms with Crippen molar-refractivity contribution in [3.8, 4) is 0 Å². The molecule has 0 bridgehead atoms. The van der Waals surface area contributed by atoms with E-state index in [0.29, 0.717) is 165 Å². The van der Waals surface area contributed by atoms with E-state index in [4.69, 9.17) is 61.9 Å². The minimum absolute atomic E-state index is 0.00525. The summed E-state index contributed by atoms with van der Waals surface area (Å²) in [6.07, 6.45) is 10.2. The number of carbonyl (C=O) groups excluding carboxylic acids is 1. The minimum Gasteiger partial charge on any atom is -0.481 e. The summed E-state index contributed by atoms with van der Waals surface area (Å²) < 4.78 is 65.2. The lowest BCUT2D eigenvalue weighted by molar-refractivity contribution is -0.138. The molecule has 0 radical (unpaired) electrons. The second-order valence-corrected chi connectivity index (χ2v) is 12.6. The van der Waals surface area contributed by atoms with Crippen LogP contribution in [0.1, 0.15) is 64.2 Å². The topological polar surface area (TPSA) is 177 Å². The first kappa shape index (κ1) is 53.8. The third-order valence-electron chi connectivity index (χ3n) is 7.43. The zero-order valence-electron chi connectivity index (χ0n) is 33.6. The van der Waals surface area contributed by atoms with Crippen LogP contribution in [0.25, 0.3) is 0 Å². The molecular formula is C38H75NO15S. The highest BCUT2D eigenvalue weighted by atomic mass is 32.1. The molecule has 0 saturated heterocycles. The van der Waals surface area contributed by atoms with Gasteiger partial charge in [-0.05, 0) is 18.6 Å². The monoisotopic (exact) mass is 817 g/mol. The first-order valence-electron chi connectivity index (χ1n) is 20.2. The van der Waals surface area contributed by atoms with Crippen LogP contribution in [0.4, 0.5) is 0 Å². The van der Waals surface area contributed by atoms with Crippen LogP contribution in [0.2, 0.25) is 0 Å². The van der Waals surface area contributed by atoms with E-state index in [1.54, 1.807) is 0 Å². The number of carbonyl (C=O) groups is 2. The van der Waals surface area contributed by atoms with Crippen LogP contribution in [0.15, 0.2) is 0 Å². The highest BCUT2D eigenvalue weighted by Crippen LogP contribution is 2.10. The summed E-state index contributed by atoms with van der Waals surface area (Å²) >= 11 is 4.24. The number of carboxylic acid groups (broad SMARTS) is 1. The summed E-state index contributed by atoms with van der Waals surface area (Å²) in [5, 5.41) is 11.4.